The van der Waals surface area contributed by atoms with Gasteiger partial charge in [-0.1, -0.05) is 39.2 Å². The summed E-state index contributed by atoms with van der Waals surface area (Å²) in [5, 5.41) is 7.42. The van der Waals surface area contributed by atoms with Crippen LogP contribution in [-0.4, -0.2) is 29.1 Å². The van der Waals surface area contributed by atoms with Gasteiger partial charge in [0.2, 0.25) is 0 Å². The largest absolute Gasteiger partial charge is 0.481 e. The molecule has 1 saturated heterocycles. The predicted octanol–water partition coefficient (Wildman–Crippen LogP) is 4.83. The maximum absolute atomic E-state index is 9.00. The number of carbonyl (C=O) groups is 1. The van der Waals surface area contributed by atoms with Crippen molar-refractivity contribution >= 4 is 5.97 Å². The maximum Gasteiger partial charge on any atom is 0.300 e. The second-order valence-electron chi connectivity index (χ2n) is 5.51. The fraction of sp³-hybridized carbons (Fsp3) is 0.824. The fourth-order valence-corrected chi connectivity index (χ4v) is 2.41. The fourth-order valence-electron chi connectivity index (χ4n) is 2.41. The zero-order valence-corrected chi connectivity index (χ0v) is 13.7. The van der Waals surface area contributed by atoms with Crippen LogP contribution < -0.4 is 0 Å². The van der Waals surface area contributed by atoms with Crippen molar-refractivity contribution in [3.8, 4) is 0 Å². The monoisotopic (exact) mass is 283 g/mol. The van der Waals surface area contributed by atoms with Gasteiger partial charge in [0.15, 0.2) is 0 Å². The van der Waals surface area contributed by atoms with Crippen LogP contribution in [0.3, 0.4) is 0 Å². The molecular weight excluding hydrogens is 250 g/mol. The molecule has 0 atom stereocenters. The number of carboxylic acid groups (broad SMARTS) is 1. The molecule has 3 nitrogen and oxygen atoms in total. The number of hydrogen-bond acceptors (Lipinski definition) is 2. The minimum Gasteiger partial charge on any atom is -0.481 e. The number of hydrogen-bond donors (Lipinski definition) is 1. The summed E-state index contributed by atoms with van der Waals surface area (Å²) >= 11 is 0. The molecule has 1 aliphatic rings. The summed E-state index contributed by atoms with van der Waals surface area (Å²) in [4.78, 5) is 11.6. The highest BCUT2D eigenvalue weighted by atomic mass is 16.4. The smallest absolute Gasteiger partial charge is 0.300 e. The van der Waals surface area contributed by atoms with E-state index < -0.39 is 5.97 Å². The van der Waals surface area contributed by atoms with Crippen molar-refractivity contribution < 1.29 is 9.90 Å². The van der Waals surface area contributed by atoms with Gasteiger partial charge in [-0.3, -0.25) is 4.79 Å². The summed E-state index contributed by atoms with van der Waals surface area (Å²) in [5.41, 5.74) is 1.65. The molecule has 0 amide bonds. The number of nitrogens with zero attached hydrogens (tertiary/aromatic N) is 1. The number of piperidine rings is 1. The Balaban J connectivity index is 0.000000796. The summed E-state index contributed by atoms with van der Waals surface area (Å²) in [6.45, 7) is 8.24. The van der Waals surface area contributed by atoms with Crippen molar-refractivity contribution in [2.75, 3.05) is 13.1 Å². The third-order valence-electron chi connectivity index (χ3n) is 3.49. The van der Waals surface area contributed by atoms with E-state index in [2.05, 4.69) is 24.8 Å². The van der Waals surface area contributed by atoms with Crippen LogP contribution in [0.15, 0.2) is 11.8 Å². The summed E-state index contributed by atoms with van der Waals surface area (Å²) in [6.07, 6.45) is 14.7. The lowest BCUT2D eigenvalue weighted by Gasteiger charge is -2.32. The molecule has 3 heteroatoms. The molecule has 1 N–H and O–H groups in total. The van der Waals surface area contributed by atoms with E-state index in [1.807, 2.05) is 0 Å². The molecular formula is C17H33NO2. The molecule has 1 rings (SSSR count). The number of likely N-dealkylation sites (tertiary alicyclic amines) is 1. The van der Waals surface area contributed by atoms with Crippen molar-refractivity contribution in [2.24, 2.45) is 0 Å². The number of unbranched alkanes of at least 4 members (excludes halogenated alkanes) is 4. The molecule has 0 aromatic carbocycles. The van der Waals surface area contributed by atoms with E-state index in [0.717, 1.165) is 6.92 Å². The molecule has 0 radical (unpaired) electrons. The van der Waals surface area contributed by atoms with Crippen molar-refractivity contribution in [3.63, 3.8) is 0 Å². The SMILES string of the molecule is CC(=O)O.CCCCCC=C1CCCCN1CCCC. The average Bonchev–Trinajstić information content (AvgIpc) is 2.42. The molecule has 1 fully saturated rings. The highest BCUT2D eigenvalue weighted by Crippen LogP contribution is 2.21. The van der Waals surface area contributed by atoms with Gasteiger partial charge < -0.3 is 10.0 Å². The summed E-state index contributed by atoms with van der Waals surface area (Å²) in [6, 6.07) is 0. The first-order valence-corrected chi connectivity index (χ1v) is 8.25. The van der Waals surface area contributed by atoms with Gasteiger partial charge in [0.05, 0.1) is 0 Å². The topological polar surface area (TPSA) is 40.5 Å². The Morgan fingerprint density at radius 2 is 1.85 bits per heavy atom. The van der Waals surface area contributed by atoms with Crippen LogP contribution in [0.5, 0.6) is 0 Å². The Kier molecular flexibility index (Phi) is 12.4. The zero-order valence-electron chi connectivity index (χ0n) is 13.7. The normalized spacial score (nSPS) is 16.8. The van der Waals surface area contributed by atoms with Gasteiger partial charge in [0, 0.05) is 25.7 Å². The minimum absolute atomic E-state index is 0.833. The van der Waals surface area contributed by atoms with Crippen molar-refractivity contribution in [1.82, 2.24) is 4.90 Å². The number of aliphatic carboxylic acids is 1. The van der Waals surface area contributed by atoms with E-state index in [-0.39, 0.29) is 0 Å². The molecule has 0 aromatic heterocycles. The molecule has 1 aliphatic heterocycles. The quantitative estimate of drug-likeness (QED) is 0.680. The number of rotatable bonds is 7. The van der Waals surface area contributed by atoms with Gasteiger partial charge in [-0.15, -0.1) is 0 Å². The van der Waals surface area contributed by atoms with E-state index in [9.17, 15) is 0 Å². The molecule has 1 heterocycles. The summed E-state index contributed by atoms with van der Waals surface area (Å²) < 4.78 is 0. The van der Waals surface area contributed by atoms with E-state index >= 15 is 0 Å². The van der Waals surface area contributed by atoms with Gasteiger partial charge >= 0.3 is 0 Å². The third kappa shape index (κ3) is 10.9. The third-order valence-corrected chi connectivity index (χ3v) is 3.49. The van der Waals surface area contributed by atoms with Gasteiger partial charge in [-0.05, 0) is 38.5 Å². The lowest BCUT2D eigenvalue weighted by atomic mass is 10.0. The molecule has 20 heavy (non-hydrogen) atoms. The van der Waals surface area contributed by atoms with Crippen LogP contribution in [0.25, 0.3) is 0 Å². The lowest BCUT2D eigenvalue weighted by Crippen LogP contribution is -2.28. The highest BCUT2D eigenvalue weighted by Gasteiger charge is 2.13. The van der Waals surface area contributed by atoms with Crippen LogP contribution in [0.2, 0.25) is 0 Å². The maximum atomic E-state index is 9.00. The first-order valence-electron chi connectivity index (χ1n) is 8.25. The zero-order chi connectivity index (χ0) is 15.2. The van der Waals surface area contributed by atoms with Crippen LogP contribution in [0.1, 0.15) is 78.6 Å². The molecule has 0 bridgehead atoms. The van der Waals surface area contributed by atoms with Crippen molar-refractivity contribution in [1.29, 1.82) is 0 Å². The molecule has 0 unspecified atom stereocenters. The molecule has 0 spiro atoms. The number of carboxylic acids is 1. The van der Waals surface area contributed by atoms with E-state index in [0.29, 0.717) is 0 Å². The molecule has 118 valence electrons. The number of allylic oxidation sites excluding steroid dienone is 2. The Hall–Kier alpha value is -0.990. The first kappa shape index (κ1) is 19.0. The van der Waals surface area contributed by atoms with E-state index in [1.165, 1.54) is 70.9 Å². The minimum atomic E-state index is -0.833. The van der Waals surface area contributed by atoms with Gasteiger partial charge in [-0.25, -0.2) is 0 Å². The predicted molar refractivity (Wildman–Crippen MR) is 85.9 cm³/mol. The standard InChI is InChI=1S/C15H29N.C2H4O2/c1-3-5-7-8-11-15-12-9-10-14-16(15)13-6-4-2;1-2(3)4/h11H,3-10,12-14H2,1-2H3;1H3,(H,3,4). The van der Waals surface area contributed by atoms with Gasteiger partial charge in [0.1, 0.15) is 0 Å². The van der Waals surface area contributed by atoms with E-state index in [4.69, 9.17) is 9.90 Å². The Labute approximate surface area is 125 Å². The van der Waals surface area contributed by atoms with Gasteiger partial charge in [-0.2, -0.15) is 0 Å². The first-order chi connectivity index (χ1) is 9.61. The average molecular weight is 283 g/mol. The highest BCUT2D eigenvalue weighted by molar-refractivity contribution is 5.62. The van der Waals surface area contributed by atoms with Crippen LogP contribution in [-0.2, 0) is 4.79 Å². The van der Waals surface area contributed by atoms with E-state index in [1.54, 1.807) is 5.70 Å². The van der Waals surface area contributed by atoms with Crippen LogP contribution >= 0.6 is 0 Å². The second kappa shape index (κ2) is 13.0. The summed E-state index contributed by atoms with van der Waals surface area (Å²) in [7, 11) is 0. The van der Waals surface area contributed by atoms with Crippen LogP contribution in [0.4, 0.5) is 0 Å². The lowest BCUT2D eigenvalue weighted by molar-refractivity contribution is -0.134. The molecule has 0 aliphatic carbocycles. The van der Waals surface area contributed by atoms with Crippen molar-refractivity contribution in [2.45, 2.75) is 78.6 Å². The van der Waals surface area contributed by atoms with Crippen LogP contribution in [0, 0.1) is 0 Å². The summed E-state index contributed by atoms with van der Waals surface area (Å²) in [5.74, 6) is -0.833. The Morgan fingerprint density at radius 1 is 1.20 bits per heavy atom. The Bertz CT molecular complexity index is 270. The van der Waals surface area contributed by atoms with Crippen molar-refractivity contribution in [3.05, 3.63) is 11.8 Å². The molecule has 0 saturated carbocycles. The van der Waals surface area contributed by atoms with Gasteiger partial charge in [0.25, 0.3) is 5.97 Å². The second-order valence-corrected chi connectivity index (χ2v) is 5.51. The molecule has 0 aromatic rings. The Morgan fingerprint density at radius 3 is 2.45 bits per heavy atom.